The predicted octanol–water partition coefficient (Wildman–Crippen LogP) is 3.77. The van der Waals surface area contributed by atoms with Gasteiger partial charge in [0.1, 0.15) is 11.3 Å². The van der Waals surface area contributed by atoms with Crippen molar-refractivity contribution in [3.05, 3.63) is 60.0 Å². The number of benzene rings is 1. The minimum atomic E-state index is -0.542. The number of esters is 1. The summed E-state index contributed by atoms with van der Waals surface area (Å²) in [7, 11) is 2.75. The van der Waals surface area contributed by atoms with Gasteiger partial charge < -0.3 is 14.2 Å². The highest BCUT2D eigenvalue weighted by Gasteiger charge is 2.19. The first kappa shape index (κ1) is 16.8. The lowest BCUT2D eigenvalue weighted by molar-refractivity contribution is -0.133. The predicted molar refractivity (Wildman–Crippen MR) is 87.3 cm³/mol. The molecule has 1 aromatic heterocycles. The third kappa shape index (κ3) is 4.23. The van der Waals surface area contributed by atoms with Crippen molar-refractivity contribution in [3.8, 4) is 11.6 Å². The molecule has 0 amide bonds. The van der Waals surface area contributed by atoms with Crippen LogP contribution in [0.4, 0.5) is 0 Å². The van der Waals surface area contributed by atoms with Crippen molar-refractivity contribution >= 4 is 23.1 Å². The summed E-state index contributed by atoms with van der Waals surface area (Å²) in [5.74, 6) is 0.681. The van der Waals surface area contributed by atoms with E-state index in [0.29, 0.717) is 17.2 Å². The van der Waals surface area contributed by atoms with Crippen LogP contribution in [0.5, 0.6) is 11.6 Å². The largest absolute Gasteiger partial charge is 0.503 e. The van der Waals surface area contributed by atoms with Gasteiger partial charge in [0.2, 0.25) is 5.88 Å². The van der Waals surface area contributed by atoms with Crippen molar-refractivity contribution < 1.29 is 19.0 Å². The van der Waals surface area contributed by atoms with Crippen molar-refractivity contribution in [3.63, 3.8) is 0 Å². The number of carbonyl (C=O) groups is 1. The molecular formula is C17H16ClNO4. The molecule has 0 bridgehead atoms. The summed E-state index contributed by atoms with van der Waals surface area (Å²) in [4.78, 5) is 16.1. The molecule has 1 heterocycles. The Labute approximate surface area is 139 Å². The third-order valence-electron chi connectivity index (χ3n) is 2.97. The number of halogens is 1. The topological polar surface area (TPSA) is 57.7 Å². The molecule has 2 aromatic rings. The second-order valence-electron chi connectivity index (χ2n) is 4.50. The van der Waals surface area contributed by atoms with Gasteiger partial charge in [0.05, 0.1) is 26.0 Å². The van der Waals surface area contributed by atoms with E-state index in [-0.39, 0.29) is 11.5 Å². The van der Waals surface area contributed by atoms with Gasteiger partial charge in [-0.25, -0.2) is 9.78 Å². The fourth-order valence-corrected chi connectivity index (χ4v) is 2.10. The van der Waals surface area contributed by atoms with Gasteiger partial charge in [-0.1, -0.05) is 12.1 Å². The van der Waals surface area contributed by atoms with Crippen LogP contribution in [0.3, 0.4) is 0 Å². The van der Waals surface area contributed by atoms with Gasteiger partial charge in [-0.15, -0.1) is 11.6 Å². The molecule has 120 valence electrons. The van der Waals surface area contributed by atoms with E-state index in [1.807, 2.05) is 18.2 Å². The zero-order chi connectivity index (χ0) is 16.7. The van der Waals surface area contributed by atoms with E-state index >= 15 is 0 Å². The van der Waals surface area contributed by atoms with Gasteiger partial charge in [0.15, 0.2) is 0 Å². The van der Waals surface area contributed by atoms with Crippen molar-refractivity contribution in [1.29, 1.82) is 0 Å². The molecule has 0 radical (unpaired) electrons. The number of ether oxygens (including phenoxy) is 3. The lowest BCUT2D eigenvalue weighted by Crippen LogP contribution is -2.06. The Morgan fingerprint density at radius 2 is 2.09 bits per heavy atom. The average molecular weight is 334 g/mol. The fraction of sp³-hybridized carbons (Fsp3) is 0.176. The molecule has 0 aliphatic heterocycles. The van der Waals surface area contributed by atoms with Crippen molar-refractivity contribution in [2.45, 2.75) is 5.88 Å². The smallest absolute Gasteiger partial charge is 0.341 e. The first-order valence-electron chi connectivity index (χ1n) is 6.79. The number of nitrogens with zero attached hydrogens (tertiary/aromatic N) is 1. The van der Waals surface area contributed by atoms with E-state index in [0.717, 1.165) is 5.56 Å². The maximum absolute atomic E-state index is 11.9. The van der Waals surface area contributed by atoms with Gasteiger partial charge in [0, 0.05) is 12.1 Å². The summed E-state index contributed by atoms with van der Waals surface area (Å²) in [6, 6.07) is 10.7. The van der Waals surface area contributed by atoms with Gasteiger partial charge >= 0.3 is 5.97 Å². The highest BCUT2D eigenvalue weighted by molar-refractivity contribution is 6.17. The Morgan fingerprint density at radius 3 is 2.78 bits per heavy atom. The molecule has 2 rings (SSSR count). The van der Waals surface area contributed by atoms with Crippen molar-refractivity contribution in [1.82, 2.24) is 4.98 Å². The summed E-state index contributed by atoms with van der Waals surface area (Å²) < 4.78 is 15.5. The number of carbonyl (C=O) groups excluding carboxylic acids is 1. The highest BCUT2D eigenvalue weighted by Crippen LogP contribution is 2.29. The van der Waals surface area contributed by atoms with Gasteiger partial charge in [-0.2, -0.15) is 0 Å². The lowest BCUT2D eigenvalue weighted by atomic mass is 10.1. The minimum absolute atomic E-state index is 0.214. The maximum atomic E-state index is 11.9. The monoisotopic (exact) mass is 333 g/mol. The van der Waals surface area contributed by atoms with Crippen LogP contribution in [-0.2, 0) is 20.1 Å². The molecule has 6 heteroatoms. The van der Waals surface area contributed by atoms with E-state index < -0.39 is 5.97 Å². The number of hydrogen-bond donors (Lipinski definition) is 0. The molecule has 0 saturated heterocycles. The average Bonchev–Trinajstić information content (AvgIpc) is 2.60. The number of alkyl halides is 1. The molecule has 0 fully saturated rings. The zero-order valence-corrected chi connectivity index (χ0v) is 13.5. The molecule has 5 nitrogen and oxygen atoms in total. The molecule has 23 heavy (non-hydrogen) atoms. The molecule has 0 unspecified atom stereocenters. The maximum Gasteiger partial charge on any atom is 0.341 e. The first-order chi connectivity index (χ1) is 11.2. The van der Waals surface area contributed by atoms with E-state index in [9.17, 15) is 4.79 Å². The van der Waals surface area contributed by atoms with Crippen LogP contribution >= 0.6 is 11.6 Å². The Balaban J connectivity index is 2.40. The molecule has 0 N–H and O–H groups in total. The van der Waals surface area contributed by atoms with Gasteiger partial charge in [-0.05, 0) is 29.8 Å². The van der Waals surface area contributed by atoms with Crippen LogP contribution in [0, 0.1) is 0 Å². The Kier molecular flexibility index (Phi) is 6.00. The second kappa shape index (κ2) is 8.19. The summed E-state index contributed by atoms with van der Waals surface area (Å²) >= 11 is 5.83. The van der Waals surface area contributed by atoms with E-state index in [4.69, 9.17) is 25.8 Å². The van der Waals surface area contributed by atoms with E-state index in [1.54, 1.807) is 24.4 Å². The molecule has 0 saturated carbocycles. The van der Waals surface area contributed by atoms with Gasteiger partial charge in [-0.3, -0.25) is 0 Å². The standard InChI is InChI=1S/C17H16ClNO4/c1-21-11-15(17(20)22-2)14-7-4-8-19-16(14)23-13-6-3-5-12(9-13)10-18/h3-9,11H,10H2,1-2H3/b15-11-. The van der Waals surface area contributed by atoms with E-state index in [2.05, 4.69) is 4.98 Å². The first-order valence-corrected chi connectivity index (χ1v) is 7.32. The number of rotatable bonds is 6. The molecule has 0 aliphatic rings. The van der Waals surface area contributed by atoms with Crippen LogP contribution in [-0.4, -0.2) is 25.2 Å². The number of hydrogen-bond acceptors (Lipinski definition) is 5. The minimum Gasteiger partial charge on any atom is -0.503 e. The summed E-state index contributed by atoms with van der Waals surface area (Å²) in [6.45, 7) is 0. The summed E-state index contributed by atoms with van der Waals surface area (Å²) in [5, 5.41) is 0. The zero-order valence-electron chi connectivity index (χ0n) is 12.8. The second-order valence-corrected chi connectivity index (χ2v) is 4.77. The SMILES string of the molecule is CO/C=C(\C(=O)OC)c1cccnc1Oc1cccc(CCl)c1. The lowest BCUT2D eigenvalue weighted by Gasteiger charge is -2.12. The molecule has 0 aliphatic carbocycles. The highest BCUT2D eigenvalue weighted by atomic mass is 35.5. The Bertz CT molecular complexity index is 715. The van der Waals surface area contributed by atoms with Crippen LogP contribution in [0.25, 0.3) is 5.57 Å². The fourth-order valence-electron chi connectivity index (χ4n) is 1.93. The van der Waals surface area contributed by atoms with Crippen molar-refractivity contribution in [2.75, 3.05) is 14.2 Å². The Morgan fingerprint density at radius 1 is 1.26 bits per heavy atom. The van der Waals surface area contributed by atoms with E-state index in [1.165, 1.54) is 20.5 Å². The summed E-state index contributed by atoms with van der Waals surface area (Å²) in [6.07, 6.45) is 2.87. The normalized spacial score (nSPS) is 11.0. The van der Waals surface area contributed by atoms with Crippen LogP contribution < -0.4 is 4.74 Å². The molecule has 0 spiro atoms. The van der Waals surface area contributed by atoms with Crippen LogP contribution in [0.2, 0.25) is 0 Å². The number of aromatic nitrogens is 1. The molecule has 0 atom stereocenters. The molecule has 1 aromatic carbocycles. The Hall–Kier alpha value is -2.53. The van der Waals surface area contributed by atoms with Crippen LogP contribution in [0.15, 0.2) is 48.9 Å². The third-order valence-corrected chi connectivity index (χ3v) is 3.28. The van der Waals surface area contributed by atoms with Crippen LogP contribution in [0.1, 0.15) is 11.1 Å². The van der Waals surface area contributed by atoms with Crippen molar-refractivity contribution in [2.24, 2.45) is 0 Å². The summed E-state index contributed by atoms with van der Waals surface area (Å²) in [5.41, 5.74) is 1.60. The number of methoxy groups -OCH3 is 2. The quantitative estimate of drug-likeness (QED) is 0.348. The van der Waals surface area contributed by atoms with Gasteiger partial charge in [0.25, 0.3) is 0 Å². The number of pyridine rings is 1. The molecular weight excluding hydrogens is 318 g/mol.